The van der Waals surface area contributed by atoms with Gasteiger partial charge in [0.1, 0.15) is 5.71 Å². The average Bonchev–Trinajstić information content (AvgIpc) is 1.90. The molecule has 0 bridgehead atoms. The quantitative estimate of drug-likeness (QED) is 0.354. The van der Waals surface area contributed by atoms with Crippen LogP contribution in [0, 0.1) is 0 Å². The predicted molar refractivity (Wildman–Crippen MR) is 34.6 cm³/mol. The van der Waals surface area contributed by atoms with Crippen LogP contribution >= 0.6 is 11.6 Å². The Morgan fingerprint density at radius 3 is 2.11 bits per heavy atom. The maximum absolute atomic E-state index is 8.14. The summed E-state index contributed by atoms with van der Waals surface area (Å²) in [6.45, 7) is 1.72. The van der Waals surface area contributed by atoms with Crippen molar-refractivity contribution in [1.82, 2.24) is 0 Å². The van der Waals surface area contributed by atoms with E-state index in [1.165, 1.54) is 0 Å². The van der Waals surface area contributed by atoms with Crippen molar-refractivity contribution in [2.24, 2.45) is 10.3 Å². The molecule has 0 saturated carbocycles. The summed E-state index contributed by atoms with van der Waals surface area (Å²) in [4.78, 5) is 0. The fourth-order valence-corrected chi connectivity index (χ4v) is 0.487. The Balaban J connectivity index is 4.14. The molecule has 0 atom stereocenters. The van der Waals surface area contributed by atoms with Gasteiger partial charge >= 0.3 is 0 Å². The highest BCUT2D eigenvalue weighted by Gasteiger charge is 2.02. The molecule has 0 aromatic heterocycles. The van der Waals surface area contributed by atoms with Gasteiger partial charge in [-0.1, -0.05) is 28.8 Å². The van der Waals surface area contributed by atoms with Gasteiger partial charge in [-0.25, -0.2) is 0 Å². The Kier molecular flexibility index (Phi) is 3.79. The molecule has 0 aliphatic heterocycles. The van der Waals surface area contributed by atoms with Crippen molar-refractivity contribution in [2.75, 3.05) is 0 Å². The third-order valence-electron chi connectivity index (χ3n) is 0.782. The van der Waals surface area contributed by atoms with E-state index >= 15 is 0 Å². The van der Waals surface area contributed by atoms with Crippen molar-refractivity contribution < 1.29 is 10.4 Å². The molecule has 0 aromatic carbocycles. The number of nitrogens with zero attached hydrogens (tertiary/aromatic N) is 2. The van der Waals surface area contributed by atoms with Crippen molar-refractivity contribution in [2.45, 2.75) is 13.3 Å². The van der Waals surface area contributed by atoms with Crippen LogP contribution in [0.5, 0.6) is 0 Å². The first-order valence-electron chi connectivity index (χ1n) is 2.35. The molecular formula is C4H7ClN2O2. The number of hydrogen-bond donors (Lipinski definition) is 2. The lowest BCUT2D eigenvalue weighted by atomic mass is 10.3. The third-order valence-corrected chi connectivity index (χ3v) is 1.08. The highest BCUT2D eigenvalue weighted by molar-refractivity contribution is 6.83. The fourth-order valence-electron chi connectivity index (χ4n) is 0.316. The monoisotopic (exact) mass is 150 g/mol. The molecule has 0 heterocycles. The summed E-state index contributed by atoms with van der Waals surface area (Å²) in [6, 6.07) is 0. The SMILES string of the molecule is CCC(=N/O)/C(Cl)=N\O. The minimum absolute atomic E-state index is 0.166. The molecule has 0 aromatic rings. The smallest absolute Gasteiger partial charge is 0.192 e. The van der Waals surface area contributed by atoms with Gasteiger partial charge in [0.2, 0.25) is 0 Å². The van der Waals surface area contributed by atoms with Gasteiger partial charge in [0, 0.05) is 0 Å². The lowest BCUT2D eigenvalue weighted by Gasteiger charge is -1.91. The van der Waals surface area contributed by atoms with Crippen LogP contribution in [0.25, 0.3) is 0 Å². The van der Waals surface area contributed by atoms with E-state index in [0.29, 0.717) is 6.42 Å². The van der Waals surface area contributed by atoms with Gasteiger partial charge in [-0.05, 0) is 6.42 Å². The summed E-state index contributed by atoms with van der Waals surface area (Å²) in [5, 5.41) is 21.4. The van der Waals surface area contributed by atoms with E-state index in [4.69, 9.17) is 22.0 Å². The lowest BCUT2D eigenvalue weighted by Crippen LogP contribution is -2.05. The van der Waals surface area contributed by atoms with Gasteiger partial charge in [-0.3, -0.25) is 0 Å². The van der Waals surface area contributed by atoms with Crippen molar-refractivity contribution in [3.8, 4) is 0 Å². The van der Waals surface area contributed by atoms with Crippen LogP contribution in [-0.2, 0) is 0 Å². The van der Waals surface area contributed by atoms with Crippen LogP contribution in [0.2, 0.25) is 0 Å². The Hall–Kier alpha value is -0.770. The highest BCUT2D eigenvalue weighted by atomic mass is 35.5. The van der Waals surface area contributed by atoms with Crippen LogP contribution in [0.1, 0.15) is 13.3 Å². The van der Waals surface area contributed by atoms with Crippen LogP contribution in [0.4, 0.5) is 0 Å². The Morgan fingerprint density at radius 2 is 2.00 bits per heavy atom. The molecule has 0 spiro atoms. The van der Waals surface area contributed by atoms with Gasteiger partial charge < -0.3 is 10.4 Å². The van der Waals surface area contributed by atoms with Gasteiger partial charge in [0.15, 0.2) is 5.17 Å². The van der Waals surface area contributed by atoms with E-state index < -0.39 is 0 Å². The fraction of sp³-hybridized carbons (Fsp3) is 0.500. The molecule has 4 nitrogen and oxygen atoms in total. The third kappa shape index (κ3) is 2.32. The van der Waals surface area contributed by atoms with Crippen LogP contribution in [-0.4, -0.2) is 21.3 Å². The summed E-state index contributed by atoms with van der Waals surface area (Å²) in [7, 11) is 0. The molecule has 0 amide bonds. The largest absolute Gasteiger partial charge is 0.411 e. The van der Waals surface area contributed by atoms with Gasteiger partial charge in [0.25, 0.3) is 0 Å². The van der Waals surface area contributed by atoms with Gasteiger partial charge in [-0.2, -0.15) is 0 Å². The predicted octanol–water partition coefficient (Wildman–Crippen LogP) is 1.25. The zero-order chi connectivity index (χ0) is 7.28. The Labute approximate surface area is 57.4 Å². The number of halogens is 1. The first kappa shape index (κ1) is 8.23. The second-order valence-electron chi connectivity index (χ2n) is 1.29. The summed E-state index contributed by atoms with van der Waals surface area (Å²) < 4.78 is 0. The second kappa shape index (κ2) is 4.14. The highest BCUT2D eigenvalue weighted by Crippen LogP contribution is 1.93. The molecule has 0 fully saturated rings. The Bertz CT molecular complexity index is 144. The molecule has 0 radical (unpaired) electrons. The van der Waals surface area contributed by atoms with Gasteiger partial charge in [0.05, 0.1) is 0 Å². The van der Waals surface area contributed by atoms with E-state index in [-0.39, 0.29) is 10.9 Å². The summed E-state index contributed by atoms with van der Waals surface area (Å²) >= 11 is 5.24. The summed E-state index contributed by atoms with van der Waals surface area (Å²) in [5.74, 6) is 0. The van der Waals surface area contributed by atoms with E-state index in [2.05, 4.69) is 10.3 Å². The van der Waals surface area contributed by atoms with E-state index in [1.54, 1.807) is 6.92 Å². The standard InChI is InChI=1S/C4H7ClN2O2/c1-2-3(6-8)4(5)7-9/h8-9H,2H2,1H3/b6-3-,7-4+. The number of oxime groups is 2. The Morgan fingerprint density at radius 1 is 1.44 bits per heavy atom. The molecule has 0 rings (SSSR count). The summed E-state index contributed by atoms with van der Waals surface area (Å²) in [5.41, 5.74) is 0.166. The zero-order valence-electron chi connectivity index (χ0n) is 4.87. The topological polar surface area (TPSA) is 65.2 Å². The van der Waals surface area contributed by atoms with Crippen molar-refractivity contribution >= 4 is 22.5 Å². The van der Waals surface area contributed by atoms with Gasteiger partial charge in [-0.15, -0.1) is 0 Å². The summed E-state index contributed by atoms with van der Waals surface area (Å²) in [6.07, 6.45) is 0.430. The first-order chi connectivity index (χ1) is 4.26. The molecule has 9 heavy (non-hydrogen) atoms. The number of rotatable bonds is 2. The van der Waals surface area contributed by atoms with Crippen LogP contribution in [0.15, 0.2) is 10.3 Å². The van der Waals surface area contributed by atoms with Crippen molar-refractivity contribution in [3.63, 3.8) is 0 Å². The molecule has 0 unspecified atom stereocenters. The average molecular weight is 151 g/mol. The van der Waals surface area contributed by atoms with E-state index in [0.717, 1.165) is 0 Å². The van der Waals surface area contributed by atoms with E-state index in [9.17, 15) is 0 Å². The number of hydrogen-bond acceptors (Lipinski definition) is 4. The first-order valence-corrected chi connectivity index (χ1v) is 2.72. The van der Waals surface area contributed by atoms with Crippen molar-refractivity contribution in [1.29, 1.82) is 0 Å². The van der Waals surface area contributed by atoms with Crippen LogP contribution < -0.4 is 0 Å². The normalized spacial score (nSPS) is 14.0. The van der Waals surface area contributed by atoms with Crippen LogP contribution in [0.3, 0.4) is 0 Å². The lowest BCUT2D eigenvalue weighted by molar-refractivity contribution is 0.314. The molecule has 0 saturated heterocycles. The molecule has 0 aliphatic rings. The maximum atomic E-state index is 8.14. The second-order valence-corrected chi connectivity index (χ2v) is 1.65. The molecule has 0 aliphatic carbocycles. The zero-order valence-corrected chi connectivity index (χ0v) is 5.63. The molecular weight excluding hydrogens is 144 g/mol. The molecule has 2 N–H and O–H groups in total. The van der Waals surface area contributed by atoms with E-state index in [1.807, 2.05) is 0 Å². The maximum Gasteiger partial charge on any atom is 0.192 e. The van der Waals surface area contributed by atoms with Crippen molar-refractivity contribution in [3.05, 3.63) is 0 Å². The minimum Gasteiger partial charge on any atom is -0.411 e. The minimum atomic E-state index is -0.181. The molecule has 52 valence electrons. The molecule has 5 heteroatoms.